The molecule has 4 aromatic rings. The van der Waals surface area contributed by atoms with Crippen LogP contribution in [0.4, 0.5) is 0 Å². The molecule has 2 N–H and O–H groups in total. The molecule has 1 amide bonds. The molecule has 0 aliphatic carbocycles. The third kappa shape index (κ3) is 8.33. The van der Waals surface area contributed by atoms with Gasteiger partial charge in [0.15, 0.2) is 0 Å². The fourth-order valence-electron chi connectivity index (χ4n) is 3.96. The van der Waals surface area contributed by atoms with Gasteiger partial charge in [-0.25, -0.2) is 4.79 Å². The van der Waals surface area contributed by atoms with Gasteiger partial charge in [-0.3, -0.25) is 4.79 Å². The smallest absolute Gasteiger partial charge is 0.480 e. The van der Waals surface area contributed by atoms with Crippen LogP contribution in [-0.4, -0.2) is 45.2 Å². The maximum absolute atomic E-state index is 13.3. The summed E-state index contributed by atoms with van der Waals surface area (Å²) >= 11 is 1.54. The van der Waals surface area contributed by atoms with E-state index < -0.39 is 17.9 Å². The van der Waals surface area contributed by atoms with Crippen LogP contribution in [0, 0.1) is 6.92 Å². The largest absolute Gasteiger partial charge is 1.00 e. The summed E-state index contributed by atoms with van der Waals surface area (Å²) in [5.41, 5.74) is 4.54. The van der Waals surface area contributed by atoms with Crippen LogP contribution in [0.2, 0.25) is 0 Å². The van der Waals surface area contributed by atoms with Gasteiger partial charge < -0.3 is 15.2 Å². The molecule has 0 spiro atoms. The van der Waals surface area contributed by atoms with E-state index in [0.717, 1.165) is 22.3 Å². The van der Waals surface area contributed by atoms with Crippen LogP contribution >= 0.6 is 11.8 Å². The van der Waals surface area contributed by atoms with Gasteiger partial charge >= 0.3 is 24.8 Å². The van der Waals surface area contributed by atoms with Gasteiger partial charge in [0.2, 0.25) is 5.88 Å². The monoisotopic (exact) mass is 546 g/mol. The molecule has 9 heteroatoms. The fourth-order valence-corrected chi connectivity index (χ4v) is 4.43. The van der Waals surface area contributed by atoms with Gasteiger partial charge in [0.1, 0.15) is 11.8 Å². The van der Waals surface area contributed by atoms with Crippen LogP contribution in [0.3, 0.4) is 0 Å². The second-order valence-corrected chi connectivity index (χ2v) is 9.80. The summed E-state index contributed by atoms with van der Waals surface area (Å²) in [6.07, 6.45) is 5.98. The number of aliphatic carboxylic acids is 1. The Bertz CT molecular complexity index is 1460. The Morgan fingerprint density at radius 3 is 2.38 bits per heavy atom. The SMILES string of the molecule is CSCCC(NC(=O)c1ccc(/C=C/c2ccc(Oc3ccccc3)nn2)cc1-c1ccccc1C)C(=O)O.[Li+]. The van der Waals surface area contributed by atoms with Crippen molar-refractivity contribution in [1.82, 2.24) is 15.5 Å². The quantitative estimate of drug-likeness (QED) is 0.278. The van der Waals surface area contributed by atoms with Gasteiger partial charge in [0, 0.05) is 11.6 Å². The predicted octanol–water partition coefficient (Wildman–Crippen LogP) is 3.35. The summed E-state index contributed by atoms with van der Waals surface area (Å²) in [6, 6.07) is 25.2. The Morgan fingerprint density at radius 1 is 0.950 bits per heavy atom. The zero-order chi connectivity index (χ0) is 27.6. The molecular weight excluding hydrogens is 517 g/mol. The number of nitrogens with one attached hydrogen (secondary N) is 1. The van der Waals surface area contributed by atoms with Gasteiger partial charge in [-0.1, -0.05) is 54.6 Å². The number of nitrogens with zero attached hydrogens (tertiary/aromatic N) is 2. The molecule has 7 nitrogen and oxygen atoms in total. The molecule has 0 bridgehead atoms. The zero-order valence-electron chi connectivity index (χ0n) is 22.7. The first-order valence-corrected chi connectivity index (χ1v) is 13.8. The fraction of sp³-hybridized carbons (Fsp3) is 0.161. The number of carboxylic acids is 1. The number of thioether (sulfide) groups is 1. The van der Waals surface area contributed by atoms with E-state index in [2.05, 4.69) is 15.5 Å². The van der Waals surface area contributed by atoms with E-state index in [9.17, 15) is 14.7 Å². The van der Waals surface area contributed by atoms with Crippen molar-refractivity contribution in [1.29, 1.82) is 0 Å². The molecule has 0 aliphatic rings. The molecule has 1 atom stereocenters. The van der Waals surface area contributed by atoms with Crippen LogP contribution in [0.5, 0.6) is 11.6 Å². The Morgan fingerprint density at radius 2 is 1.70 bits per heavy atom. The van der Waals surface area contributed by atoms with Gasteiger partial charge in [-0.2, -0.15) is 11.8 Å². The number of para-hydroxylation sites is 1. The maximum Gasteiger partial charge on any atom is 1.00 e. The predicted molar refractivity (Wildman–Crippen MR) is 156 cm³/mol. The van der Waals surface area contributed by atoms with Crippen molar-refractivity contribution in [2.45, 2.75) is 19.4 Å². The minimum Gasteiger partial charge on any atom is -0.480 e. The first-order valence-electron chi connectivity index (χ1n) is 12.4. The molecule has 0 aliphatic heterocycles. The summed E-state index contributed by atoms with van der Waals surface area (Å²) in [5, 5.41) is 20.6. The number of rotatable bonds is 11. The van der Waals surface area contributed by atoms with Crippen molar-refractivity contribution in [2.24, 2.45) is 0 Å². The molecule has 0 saturated carbocycles. The Hall–Kier alpha value is -3.83. The average molecular weight is 547 g/mol. The van der Waals surface area contributed by atoms with Crippen molar-refractivity contribution < 1.29 is 38.3 Å². The molecule has 40 heavy (non-hydrogen) atoms. The number of carbonyl (C=O) groups excluding carboxylic acids is 1. The first kappa shape index (κ1) is 30.7. The standard InChI is InChI=1S/C31H29N3O4S.Li/c1-21-8-6-7-11-25(21)27-20-22(13-16-26(27)30(35)32-28(31(36)37)18-19-39-2)12-14-23-15-17-29(34-33-23)38-24-9-4-3-5-10-24;/h3-17,20,28H,18-19H2,1-2H3,(H,32,35)(H,36,37);/q;+1/b14-12+;. The molecule has 3 aromatic carbocycles. The molecular formula is C31H29LiN3O4S+. The summed E-state index contributed by atoms with van der Waals surface area (Å²) in [7, 11) is 0. The van der Waals surface area contributed by atoms with Crippen LogP contribution in [-0.2, 0) is 4.79 Å². The number of amides is 1. The minimum absolute atomic E-state index is 0. The third-order valence-electron chi connectivity index (χ3n) is 6.01. The van der Waals surface area contributed by atoms with Crippen LogP contribution in [0.1, 0.15) is 33.6 Å². The number of aryl methyl sites for hydroxylation is 1. The van der Waals surface area contributed by atoms with E-state index in [1.165, 1.54) is 11.8 Å². The summed E-state index contributed by atoms with van der Waals surface area (Å²) < 4.78 is 5.70. The van der Waals surface area contributed by atoms with E-state index in [-0.39, 0.29) is 18.9 Å². The molecule has 0 fully saturated rings. The van der Waals surface area contributed by atoms with Crippen molar-refractivity contribution >= 4 is 35.8 Å². The van der Waals surface area contributed by atoms with E-state index in [4.69, 9.17) is 4.74 Å². The molecule has 1 heterocycles. The van der Waals surface area contributed by atoms with Gasteiger partial charge in [-0.05, 0) is 84.0 Å². The topological polar surface area (TPSA) is 101 Å². The van der Waals surface area contributed by atoms with Gasteiger partial charge in [0.25, 0.3) is 5.91 Å². The number of aromatic nitrogens is 2. The number of carboxylic acid groups (broad SMARTS) is 1. The van der Waals surface area contributed by atoms with Crippen molar-refractivity contribution in [3.8, 4) is 22.8 Å². The Kier molecular flexibility index (Phi) is 11.6. The van der Waals surface area contributed by atoms with E-state index in [1.54, 1.807) is 12.1 Å². The van der Waals surface area contributed by atoms with E-state index in [0.29, 0.717) is 35.1 Å². The summed E-state index contributed by atoms with van der Waals surface area (Å²) in [5.74, 6) is 0.246. The van der Waals surface area contributed by atoms with Crippen LogP contribution in [0.15, 0.2) is 84.9 Å². The second kappa shape index (κ2) is 15.1. The first-order chi connectivity index (χ1) is 18.9. The average Bonchev–Trinajstić information content (AvgIpc) is 2.95. The molecule has 0 saturated heterocycles. The van der Waals surface area contributed by atoms with Crippen molar-refractivity contribution in [3.05, 3.63) is 107 Å². The Balaban J connectivity index is 0.00000441. The zero-order valence-corrected chi connectivity index (χ0v) is 23.5. The molecule has 198 valence electrons. The molecule has 1 unspecified atom stereocenters. The summed E-state index contributed by atoms with van der Waals surface area (Å²) in [6.45, 7) is 1.98. The number of carbonyl (C=O) groups is 2. The van der Waals surface area contributed by atoms with Crippen molar-refractivity contribution in [2.75, 3.05) is 12.0 Å². The number of ether oxygens (including phenoxy) is 1. The normalized spacial score (nSPS) is 11.4. The van der Waals surface area contributed by atoms with Crippen LogP contribution < -0.4 is 28.9 Å². The summed E-state index contributed by atoms with van der Waals surface area (Å²) in [4.78, 5) is 25.0. The Labute approximate surface area is 250 Å². The van der Waals surface area contributed by atoms with E-state index >= 15 is 0 Å². The maximum atomic E-state index is 13.3. The van der Waals surface area contributed by atoms with Crippen molar-refractivity contribution in [3.63, 3.8) is 0 Å². The van der Waals surface area contributed by atoms with Crippen LogP contribution in [0.25, 0.3) is 23.3 Å². The molecule has 0 radical (unpaired) electrons. The van der Waals surface area contributed by atoms with E-state index in [1.807, 2.05) is 98.1 Å². The second-order valence-electron chi connectivity index (χ2n) is 8.81. The van der Waals surface area contributed by atoms with Gasteiger partial charge in [0.05, 0.1) is 5.69 Å². The third-order valence-corrected chi connectivity index (χ3v) is 6.65. The molecule has 4 rings (SSSR count). The van der Waals surface area contributed by atoms with Gasteiger partial charge in [-0.15, -0.1) is 10.2 Å². The number of hydrogen-bond donors (Lipinski definition) is 2. The number of hydrogen-bond acceptors (Lipinski definition) is 6. The number of benzene rings is 3. The molecule has 1 aromatic heterocycles. The minimum atomic E-state index is -1.05.